The van der Waals surface area contributed by atoms with E-state index >= 15 is 0 Å². The third-order valence-electron chi connectivity index (χ3n) is 2.33. The predicted molar refractivity (Wildman–Crippen MR) is 71.0 cm³/mol. The van der Waals surface area contributed by atoms with Crippen LogP contribution in [0.4, 0.5) is 0 Å². The molecule has 0 aliphatic rings. The largest absolute Gasteiger partial charge is 0.480 e. The van der Waals surface area contributed by atoms with Gasteiger partial charge in [-0.15, -0.1) is 0 Å². The Morgan fingerprint density at radius 3 is 2.37 bits per heavy atom. The van der Waals surface area contributed by atoms with Gasteiger partial charge in [-0.3, -0.25) is 4.79 Å². The zero-order chi connectivity index (χ0) is 14.9. The topological polar surface area (TPSA) is 84.9 Å². The molecular weight excluding hydrogens is 250 g/mol. The number of ether oxygens (including phenoxy) is 2. The molecule has 0 heterocycles. The molecule has 6 heteroatoms. The molecule has 0 spiro atoms. The Morgan fingerprint density at radius 2 is 1.89 bits per heavy atom. The van der Waals surface area contributed by atoms with E-state index < -0.39 is 12.0 Å². The van der Waals surface area contributed by atoms with Crippen LogP contribution in [0.25, 0.3) is 0 Å². The standard InChI is InChI=1S/C13H25NO5/c1-13(2,3)19-9-7-10(12(16)17)14-11(15)6-5-8-18-4/h10H,5-9H2,1-4H3,(H,14,15)(H,16,17). The van der Waals surface area contributed by atoms with Gasteiger partial charge < -0.3 is 19.9 Å². The lowest BCUT2D eigenvalue weighted by Crippen LogP contribution is -2.42. The van der Waals surface area contributed by atoms with Crippen LogP contribution in [0.3, 0.4) is 0 Å². The molecule has 6 nitrogen and oxygen atoms in total. The smallest absolute Gasteiger partial charge is 0.326 e. The first-order valence-corrected chi connectivity index (χ1v) is 6.41. The number of carboxylic acid groups (broad SMARTS) is 1. The van der Waals surface area contributed by atoms with Crippen LogP contribution in [0.2, 0.25) is 0 Å². The summed E-state index contributed by atoms with van der Waals surface area (Å²) >= 11 is 0. The van der Waals surface area contributed by atoms with Crippen molar-refractivity contribution in [2.45, 2.75) is 51.7 Å². The number of amides is 1. The Balaban J connectivity index is 4.05. The van der Waals surface area contributed by atoms with Gasteiger partial charge in [0, 0.05) is 33.2 Å². The van der Waals surface area contributed by atoms with E-state index in [9.17, 15) is 9.59 Å². The highest BCUT2D eigenvalue weighted by molar-refractivity contribution is 5.83. The Hall–Kier alpha value is -1.14. The Kier molecular flexibility index (Phi) is 8.34. The average molecular weight is 275 g/mol. The summed E-state index contributed by atoms with van der Waals surface area (Å²) in [7, 11) is 1.56. The van der Waals surface area contributed by atoms with Gasteiger partial charge in [-0.25, -0.2) is 4.79 Å². The molecular formula is C13H25NO5. The molecule has 0 rings (SSSR count). The number of nitrogens with one attached hydrogen (secondary N) is 1. The van der Waals surface area contributed by atoms with Gasteiger partial charge in [0.2, 0.25) is 5.91 Å². The van der Waals surface area contributed by atoms with Crippen molar-refractivity contribution in [2.24, 2.45) is 0 Å². The maximum atomic E-state index is 11.5. The second kappa shape index (κ2) is 8.87. The number of methoxy groups -OCH3 is 1. The summed E-state index contributed by atoms with van der Waals surface area (Å²) in [5.74, 6) is -1.32. The molecule has 1 atom stereocenters. The fourth-order valence-electron chi connectivity index (χ4n) is 1.38. The van der Waals surface area contributed by atoms with E-state index in [1.54, 1.807) is 7.11 Å². The van der Waals surface area contributed by atoms with Crippen molar-refractivity contribution in [3.8, 4) is 0 Å². The second-order valence-corrected chi connectivity index (χ2v) is 5.30. The maximum absolute atomic E-state index is 11.5. The van der Waals surface area contributed by atoms with Crippen molar-refractivity contribution in [1.82, 2.24) is 5.32 Å². The first-order valence-electron chi connectivity index (χ1n) is 6.41. The van der Waals surface area contributed by atoms with Crippen molar-refractivity contribution in [2.75, 3.05) is 20.3 Å². The summed E-state index contributed by atoms with van der Waals surface area (Å²) < 4.78 is 10.3. The summed E-state index contributed by atoms with van der Waals surface area (Å²) in [6.07, 6.45) is 1.09. The molecule has 1 unspecified atom stereocenters. The molecule has 0 aliphatic carbocycles. The van der Waals surface area contributed by atoms with Crippen LogP contribution in [-0.2, 0) is 19.1 Å². The second-order valence-electron chi connectivity index (χ2n) is 5.30. The molecule has 0 saturated heterocycles. The van der Waals surface area contributed by atoms with Gasteiger partial charge >= 0.3 is 5.97 Å². The van der Waals surface area contributed by atoms with Gasteiger partial charge in [0.1, 0.15) is 6.04 Å². The van der Waals surface area contributed by atoms with E-state index in [1.807, 2.05) is 20.8 Å². The van der Waals surface area contributed by atoms with Crippen LogP contribution in [0, 0.1) is 0 Å². The highest BCUT2D eigenvalue weighted by atomic mass is 16.5. The summed E-state index contributed by atoms with van der Waals surface area (Å²) in [5.41, 5.74) is -0.314. The van der Waals surface area contributed by atoms with Crippen LogP contribution >= 0.6 is 0 Å². The van der Waals surface area contributed by atoms with Crippen LogP contribution in [0.5, 0.6) is 0 Å². The molecule has 0 radical (unpaired) electrons. The molecule has 0 aliphatic heterocycles. The van der Waals surface area contributed by atoms with Crippen LogP contribution in [-0.4, -0.2) is 48.9 Å². The monoisotopic (exact) mass is 275 g/mol. The van der Waals surface area contributed by atoms with Gasteiger partial charge in [-0.2, -0.15) is 0 Å². The van der Waals surface area contributed by atoms with E-state index in [2.05, 4.69) is 5.32 Å². The van der Waals surface area contributed by atoms with Crippen LogP contribution in [0.15, 0.2) is 0 Å². The first kappa shape index (κ1) is 17.9. The number of carboxylic acids is 1. The number of aliphatic carboxylic acids is 1. The Bertz CT molecular complexity index is 285. The van der Waals surface area contributed by atoms with Gasteiger partial charge in [0.15, 0.2) is 0 Å². The SMILES string of the molecule is COCCCC(=O)NC(CCOC(C)(C)C)C(=O)O. The molecule has 0 aromatic heterocycles. The summed E-state index contributed by atoms with van der Waals surface area (Å²) in [4.78, 5) is 22.5. The molecule has 0 aromatic carbocycles. The Morgan fingerprint density at radius 1 is 1.26 bits per heavy atom. The highest BCUT2D eigenvalue weighted by Gasteiger charge is 2.20. The summed E-state index contributed by atoms with van der Waals surface area (Å²) in [5, 5.41) is 11.5. The third kappa shape index (κ3) is 10.5. The number of hydrogen-bond acceptors (Lipinski definition) is 4. The van der Waals surface area contributed by atoms with Gasteiger partial charge in [0.05, 0.1) is 5.60 Å². The molecule has 19 heavy (non-hydrogen) atoms. The fourth-order valence-corrected chi connectivity index (χ4v) is 1.38. The van der Waals surface area contributed by atoms with Crippen molar-refractivity contribution in [1.29, 1.82) is 0 Å². The van der Waals surface area contributed by atoms with E-state index in [0.717, 1.165) is 0 Å². The fraction of sp³-hybridized carbons (Fsp3) is 0.846. The number of carbonyl (C=O) groups is 2. The zero-order valence-corrected chi connectivity index (χ0v) is 12.2. The molecule has 2 N–H and O–H groups in total. The molecule has 0 aromatic rings. The van der Waals surface area contributed by atoms with Gasteiger partial charge in [-0.05, 0) is 27.2 Å². The lowest BCUT2D eigenvalue weighted by atomic mass is 10.1. The number of carbonyl (C=O) groups excluding carboxylic acids is 1. The van der Waals surface area contributed by atoms with Crippen LogP contribution < -0.4 is 5.32 Å². The van der Waals surface area contributed by atoms with Gasteiger partial charge in [-0.1, -0.05) is 0 Å². The van der Waals surface area contributed by atoms with E-state index in [1.165, 1.54) is 0 Å². The molecule has 0 fully saturated rings. The normalized spacial score (nSPS) is 13.1. The Labute approximate surface area is 114 Å². The van der Waals surface area contributed by atoms with Crippen molar-refractivity contribution >= 4 is 11.9 Å². The van der Waals surface area contributed by atoms with Crippen molar-refractivity contribution in [3.63, 3.8) is 0 Å². The third-order valence-corrected chi connectivity index (χ3v) is 2.33. The number of hydrogen-bond donors (Lipinski definition) is 2. The molecule has 0 bridgehead atoms. The highest BCUT2D eigenvalue weighted by Crippen LogP contribution is 2.08. The predicted octanol–water partition coefficient (Wildman–Crippen LogP) is 1.19. The van der Waals surface area contributed by atoms with E-state index in [4.69, 9.17) is 14.6 Å². The molecule has 1 amide bonds. The summed E-state index contributed by atoms with van der Waals surface area (Å²) in [6.45, 7) is 6.46. The maximum Gasteiger partial charge on any atom is 0.326 e. The minimum atomic E-state index is -1.04. The van der Waals surface area contributed by atoms with Crippen LogP contribution in [0.1, 0.15) is 40.0 Å². The first-order chi connectivity index (χ1) is 8.76. The van der Waals surface area contributed by atoms with E-state index in [-0.39, 0.29) is 24.3 Å². The quantitative estimate of drug-likeness (QED) is 0.617. The van der Waals surface area contributed by atoms with Crippen molar-refractivity contribution < 1.29 is 24.2 Å². The van der Waals surface area contributed by atoms with Crippen molar-refractivity contribution in [3.05, 3.63) is 0 Å². The van der Waals surface area contributed by atoms with E-state index in [0.29, 0.717) is 19.6 Å². The minimum absolute atomic E-state index is 0.253. The lowest BCUT2D eigenvalue weighted by Gasteiger charge is -2.21. The number of rotatable bonds is 9. The average Bonchev–Trinajstić information content (AvgIpc) is 2.26. The summed E-state index contributed by atoms with van der Waals surface area (Å²) in [6, 6.07) is -0.905. The lowest BCUT2D eigenvalue weighted by molar-refractivity contribution is -0.142. The molecule has 0 saturated carbocycles. The zero-order valence-electron chi connectivity index (χ0n) is 12.2. The molecule has 112 valence electrons. The minimum Gasteiger partial charge on any atom is -0.480 e. The van der Waals surface area contributed by atoms with Gasteiger partial charge in [0.25, 0.3) is 0 Å².